The summed E-state index contributed by atoms with van der Waals surface area (Å²) >= 11 is 0. The van der Waals surface area contributed by atoms with Crippen molar-refractivity contribution in [2.24, 2.45) is 5.41 Å². The van der Waals surface area contributed by atoms with Crippen molar-refractivity contribution in [3.05, 3.63) is 142 Å². The first-order chi connectivity index (χ1) is 18.3. The van der Waals surface area contributed by atoms with E-state index in [0.717, 1.165) is 17.5 Å². The van der Waals surface area contributed by atoms with Gasteiger partial charge in [0.05, 0.1) is 0 Å². The van der Waals surface area contributed by atoms with Gasteiger partial charge in [0.15, 0.2) is 0 Å². The van der Waals surface area contributed by atoms with Crippen LogP contribution < -0.4 is 10.6 Å². The van der Waals surface area contributed by atoms with Crippen molar-refractivity contribution in [2.75, 3.05) is 0 Å². The Morgan fingerprint density at radius 2 is 1.16 bits per heavy atom. The van der Waals surface area contributed by atoms with Gasteiger partial charge in [-0.3, -0.25) is 9.59 Å². The molecule has 192 valence electrons. The molecule has 0 aromatic heterocycles. The molecule has 0 radical (unpaired) electrons. The van der Waals surface area contributed by atoms with E-state index < -0.39 is 0 Å². The van der Waals surface area contributed by atoms with Gasteiger partial charge in [-0.1, -0.05) is 99.6 Å². The van der Waals surface area contributed by atoms with Crippen LogP contribution in [-0.2, 0) is 24.9 Å². The summed E-state index contributed by atoms with van der Waals surface area (Å²) in [6.45, 7) is 7.84. The van der Waals surface area contributed by atoms with Crippen LogP contribution in [0, 0.1) is 5.41 Å². The van der Waals surface area contributed by atoms with Crippen LogP contribution in [0.1, 0.15) is 69.3 Å². The second-order valence-corrected chi connectivity index (χ2v) is 11.0. The lowest BCUT2D eigenvalue weighted by atomic mass is 9.63. The van der Waals surface area contributed by atoms with Crippen LogP contribution in [0.25, 0.3) is 0 Å². The average Bonchev–Trinajstić information content (AvgIpc) is 3.16. The molecule has 0 saturated heterocycles. The van der Waals surface area contributed by atoms with Crippen LogP contribution >= 0.6 is 0 Å². The minimum Gasteiger partial charge on any atom is -0.348 e. The van der Waals surface area contributed by atoms with Gasteiger partial charge >= 0.3 is 0 Å². The fraction of sp³-hybridized carbons (Fsp3) is 0.235. The van der Waals surface area contributed by atoms with Crippen molar-refractivity contribution in [2.45, 2.75) is 45.7 Å². The fourth-order valence-corrected chi connectivity index (χ4v) is 5.65. The van der Waals surface area contributed by atoms with Crippen molar-refractivity contribution in [3.63, 3.8) is 0 Å². The molecule has 5 rings (SSSR count). The Labute approximate surface area is 225 Å². The Morgan fingerprint density at radius 3 is 1.71 bits per heavy atom. The molecule has 0 spiro atoms. The second kappa shape index (κ2) is 10.3. The van der Waals surface area contributed by atoms with Gasteiger partial charge in [-0.2, -0.15) is 0 Å². The van der Waals surface area contributed by atoms with Crippen LogP contribution in [0.3, 0.4) is 0 Å². The molecule has 2 amide bonds. The molecule has 0 aliphatic heterocycles. The predicted octanol–water partition coefficient (Wildman–Crippen LogP) is 6.43. The Balaban J connectivity index is 1.33. The van der Waals surface area contributed by atoms with Crippen LogP contribution in [0.4, 0.5) is 0 Å². The smallest absolute Gasteiger partial charge is 0.251 e. The third-order valence-electron chi connectivity index (χ3n) is 8.21. The monoisotopic (exact) mass is 502 g/mol. The molecule has 4 aromatic carbocycles. The molecular formula is C34H34N2O2. The lowest BCUT2D eigenvalue weighted by Crippen LogP contribution is -2.36. The van der Waals surface area contributed by atoms with Gasteiger partial charge in [-0.05, 0) is 63.9 Å². The largest absolute Gasteiger partial charge is 0.348 e. The summed E-state index contributed by atoms with van der Waals surface area (Å²) in [4.78, 5) is 25.7. The van der Waals surface area contributed by atoms with E-state index in [1.165, 1.54) is 16.7 Å². The third kappa shape index (κ3) is 4.87. The summed E-state index contributed by atoms with van der Waals surface area (Å²) in [5, 5.41) is 6.05. The number of hydrogen-bond donors (Lipinski definition) is 2. The number of carbonyl (C=O) groups excluding carboxylic acids is 2. The SMILES string of the molecule is CC1(C)Cc2cc(C(=O)NCc3ccccc3)ccc2[C@]1(C)c1ccc(C(=O)NCc2ccccc2)cc1. The predicted molar refractivity (Wildman–Crippen MR) is 152 cm³/mol. The van der Waals surface area contributed by atoms with Crippen LogP contribution in [-0.4, -0.2) is 11.8 Å². The number of rotatable bonds is 7. The quantitative estimate of drug-likeness (QED) is 0.306. The maximum absolute atomic E-state index is 12.9. The van der Waals surface area contributed by atoms with Crippen molar-refractivity contribution in [1.29, 1.82) is 0 Å². The van der Waals surface area contributed by atoms with Gasteiger partial charge in [0.25, 0.3) is 11.8 Å². The first-order valence-electron chi connectivity index (χ1n) is 13.2. The summed E-state index contributed by atoms with van der Waals surface area (Å²) in [6.07, 6.45) is 0.873. The van der Waals surface area contributed by atoms with E-state index in [2.05, 4.69) is 49.6 Å². The summed E-state index contributed by atoms with van der Waals surface area (Å²) in [5.41, 5.74) is 6.78. The third-order valence-corrected chi connectivity index (χ3v) is 8.21. The van der Waals surface area contributed by atoms with Crippen molar-refractivity contribution < 1.29 is 9.59 Å². The van der Waals surface area contributed by atoms with Crippen molar-refractivity contribution in [3.8, 4) is 0 Å². The molecule has 2 N–H and O–H groups in total. The van der Waals surface area contributed by atoms with E-state index in [4.69, 9.17) is 0 Å². The van der Waals surface area contributed by atoms with Gasteiger partial charge in [-0.25, -0.2) is 0 Å². The first-order valence-corrected chi connectivity index (χ1v) is 13.2. The molecule has 0 heterocycles. The van der Waals surface area contributed by atoms with Crippen LogP contribution in [0.2, 0.25) is 0 Å². The summed E-state index contributed by atoms with van der Waals surface area (Å²) < 4.78 is 0. The molecular weight excluding hydrogens is 468 g/mol. The Morgan fingerprint density at radius 1 is 0.658 bits per heavy atom. The molecule has 0 bridgehead atoms. The lowest BCUT2D eigenvalue weighted by molar-refractivity contribution is 0.0943. The maximum atomic E-state index is 12.9. The highest BCUT2D eigenvalue weighted by atomic mass is 16.2. The zero-order chi connectivity index (χ0) is 26.8. The maximum Gasteiger partial charge on any atom is 0.251 e. The zero-order valence-electron chi connectivity index (χ0n) is 22.3. The van der Waals surface area contributed by atoms with Crippen LogP contribution in [0.15, 0.2) is 103 Å². The normalized spacial score (nSPS) is 17.4. The van der Waals surface area contributed by atoms with Gasteiger partial charge in [0, 0.05) is 29.6 Å². The number of amides is 2. The molecule has 1 aliphatic rings. The number of nitrogens with one attached hydrogen (secondary N) is 2. The second-order valence-electron chi connectivity index (χ2n) is 11.0. The van der Waals surface area contributed by atoms with E-state index >= 15 is 0 Å². The van der Waals surface area contributed by atoms with E-state index in [1.807, 2.05) is 84.9 Å². The molecule has 1 aliphatic carbocycles. The highest BCUT2D eigenvalue weighted by Gasteiger charge is 2.50. The summed E-state index contributed by atoms with van der Waals surface area (Å²) in [5.74, 6) is -0.142. The van der Waals surface area contributed by atoms with Gasteiger partial charge in [0.1, 0.15) is 0 Å². The highest BCUT2D eigenvalue weighted by molar-refractivity contribution is 5.95. The van der Waals surface area contributed by atoms with Gasteiger partial charge in [0.2, 0.25) is 0 Å². The molecule has 0 saturated carbocycles. The minimum absolute atomic E-state index is 0.0612. The molecule has 0 unspecified atom stereocenters. The summed E-state index contributed by atoms with van der Waals surface area (Å²) in [6, 6.07) is 33.9. The molecule has 38 heavy (non-hydrogen) atoms. The Bertz CT molecular complexity index is 1440. The van der Waals surface area contributed by atoms with Gasteiger partial charge < -0.3 is 10.6 Å². The van der Waals surface area contributed by atoms with Crippen LogP contribution in [0.5, 0.6) is 0 Å². The number of carbonyl (C=O) groups is 2. The molecule has 0 fully saturated rings. The molecule has 4 nitrogen and oxygen atoms in total. The lowest BCUT2D eigenvalue weighted by Gasteiger charge is -2.40. The van der Waals surface area contributed by atoms with E-state index in [-0.39, 0.29) is 22.6 Å². The molecule has 4 aromatic rings. The Hall–Kier alpha value is -4.18. The van der Waals surface area contributed by atoms with Crippen molar-refractivity contribution in [1.82, 2.24) is 10.6 Å². The summed E-state index contributed by atoms with van der Waals surface area (Å²) in [7, 11) is 0. The zero-order valence-corrected chi connectivity index (χ0v) is 22.3. The standard InChI is InChI=1S/C34H34N2O2/c1-33(2)21-28-20-27(32(38)36-23-25-12-8-5-9-13-25)16-19-30(28)34(33,3)29-17-14-26(15-18-29)31(37)35-22-24-10-6-4-7-11-24/h4-20H,21-23H2,1-3H3,(H,35,37)(H,36,38)/t34-/m0/s1. The van der Waals surface area contributed by atoms with Crippen molar-refractivity contribution >= 4 is 11.8 Å². The van der Waals surface area contributed by atoms with E-state index in [1.54, 1.807) is 0 Å². The topological polar surface area (TPSA) is 58.2 Å². The fourth-order valence-electron chi connectivity index (χ4n) is 5.65. The number of benzene rings is 4. The van der Waals surface area contributed by atoms with E-state index in [9.17, 15) is 9.59 Å². The minimum atomic E-state index is -0.250. The number of hydrogen-bond acceptors (Lipinski definition) is 2. The molecule has 1 atom stereocenters. The molecule has 4 heteroatoms. The van der Waals surface area contributed by atoms with E-state index in [0.29, 0.717) is 24.2 Å². The highest BCUT2D eigenvalue weighted by Crippen LogP contribution is 2.55. The van der Waals surface area contributed by atoms with Gasteiger partial charge in [-0.15, -0.1) is 0 Å². The average molecular weight is 503 g/mol. The number of fused-ring (bicyclic) bond motifs is 1. The first kappa shape index (κ1) is 25.5. The Kier molecular flexibility index (Phi) is 6.90.